The van der Waals surface area contributed by atoms with Gasteiger partial charge in [-0.25, -0.2) is 0 Å². The highest BCUT2D eigenvalue weighted by Gasteiger charge is 2.84. The summed E-state index contributed by atoms with van der Waals surface area (Å²) in [4.78, 5) is 37.8. The fourth-order valence-corrected chi connectivity index (χ4v) is 7.90. The van der Waals surface area contributed by atoms with E-state index in [0.717, 1.165) is 24.7 Å². The molecule has 0 unspecified atom stereocenters. The van der Waals surface area contributed by atoms with E-state index in [9.17, 15) is 19.5 Å². The van der Waals surface area contributed by atoms with Crippen LogP contribution in [0, 0.1) is 45.8 Å². The first-order valence-electron chi connectivity index (χ1n) is 10.5. The number of aldehydes is 1. The summed E-state index contributed by atoms with van der Waals surface area (Å²) in [6.45, 7) is 6.00. The Hall–Kier alpha value is -1.69. The van der Waals surface area contributed by atoms with Crippen LogP contribution in [0.15, 0.2) is 11.6 Å². The van der Waals surface area contributed by atoms with Crippen LogP contribution in [0.25, 0.3) is 0 Å². The van der Waals surface area contributed by atoms with E-state index >= 15 is 0 Å². The molecule has 154 valence electrons. The van der Waals surface area contributed by atoms with Crippen molar-refractivity contribution in [1.82, 2.24) is 0 Å². The van der Waals surface area contributed by atoms with E-state index in [0.29, 0.717) is 24.7 Å². The van der Waals surface area contributed by atoms with Crippen LogP contribution in [-0.2, 0) is 19.1 Å². The van der Waals surface area contributed by atoms with Gasteiger partial charge in [-0.2, -0.15) is 0 Å². The van der Waals surface area contributed by atoms with Gasteiger partial charge in [0.15, 0.2) is 0 Å². The van der Waals surface area contributed by atoms with E-state index < -0.39 is 28.2 Å². The number of carbonyl (C=O) groups is 3. The lowest BCUT2D eigenvalue weighted by Gasteiger charge is -2.58. The Kier molecular flexibility index (Phi) is 4.31. The zero-order valence-electron chi connectivity index (χ0n) is 16.9. The van der Waals surface area contributed by atoms with Crippen molar-refractivity contribution >= 4 is 18.2 Å². The predicted octanol–water partition coefficient (Wildman–Crippen LogP) is 2.41. The molecule has 0 aromatic carbocycles. The topological polar surface area (TPSA) is 107 Å². The Morgan fingerprint density at radius 3 is 2.64 bits per heavy atom. The van der Waals surface area contributed by atoms with Gasteiger partial charge in [0.05, 0.1) is 18.6 Å². The lowest BCUT2D eigenvalue weighted by atomic mass is 9.43. The average molecular weight is 389 g/mol. The Morgan fingerprint density at radius 2 is 2.07 bits per heavy atom. The number of hydrogen-bond acceptors (Lipinski definition) is 5. The number of fused-ring (bicyclic) bond motifs is 2. The summed E-state index contributed by atoms with van der Waals surface area (Å²) in [6.07, 6.45) is 6.23. The number of carboxylic acids is 1. The maximum absolute atomic E-state index is 13.1. The Bertz CT molecular complexity index is 760. The molecule has 0 heterocycles. The highest BCUT2D eigenvalue weighted by Crippen LogP contribution is 2.82. The van der Waals surface area contributed by atoms with Gasteiger partial charge in [-0.3, -0.25) is 9.59 Å². The molecule has 6 nitrogen and oxygen atoms in total. The van der Waals surface area contributed by atoms with E-state index in [4.69, 9.17) is 10.5 Å². The number of nitrogens with two attached hydrogens (primary N) is 1. The van der Waals surface area contributed by atoms with Crippen LogP contribution >= 0.6 is 0 Å². The van der Waals surface area contributed by atoms with E-state index in [2.05, 4.69) is 13.0 Å². The third kappa shape index (κ3) is 1.95. The molecule has 3 saturated carbocycles. The molecule has 0 spiro atoms. The van der Waals surface area contributed by atoms with Crippen molar-refractivity contribution in [3.05, 3.63) is 11.6 Å². The maximum Gasteiger partial charge on any atom is 0.319 e. The average Bonchev–Trinajstić information content (AvgIpc) is 3.23. The number of ether oxygens (including phenoxy) is 1. The summed E-state index contributed by atoms with van der Waals surface area (Å²) in [7, 11) is 0. The molecular formula is C22H31NO5. The number of esters is 1. The van der Waals surface area contributed by atoms with Crippen molar-refractivity contribution < 1.29 is 24.2 Å². The van der Waals surface area contributed by atoms with Gasteiger partial charge in [0, 0.05) is 5.41 Å². The summed E-state index contributed by atoms with van der Waals surface area (Å²) in [5.41, 5.74) is 3.32. The lowest BCUT2D eigenvalue weighted by molar-refractivity contribution is -0.188. The van der Waals surface area contributed by atoms with E-state index in [-0.39, 0.29) is 30.9 Å². The molecule has 4 rings (SSSR count). The number of aliphatic carboxylic acids is 1. The fraction of sp³-hybridized carbons (Fsp3) is 0.773. The molecule has 7 atom stereocenters. The van der Waals surface area contributed by atoms with Crippen molar-refractivity contribution in [2.45, 2.75) is 46.5 Å². The predicted molar refractivity (Wildman–Crippen MR) is 102 cm³/mol. The van der Waals surface area contributed by atoms with E-state index in [1.54, 1.807) is 0 Å². The maximum atomic E-state index is 13.1. The molecule has 4 bridgehead atoms. The van der Waals surface area contributed by atoms with Gasteiger partial charge >= 0.3 is 11.9 Å². The van der Waals surface area contributed by atoms with Crippen LogP contribution in [0.2, 0.25) is 0 Å². The van der Waals surface area contributed by atoms with Crippen LogP contribution in [0.3, 0.4) is 0 Å². The lowest BCUT2D eigenvalue weighted by Crippen LogP contribution is -2.63. The molecule has 3 fully saturated rings. The first-order chi connectivity index (χ1) is 13.2. The normalized spacial score (nSPS) is 45.7. The Balaban J connectivity index is 1.94. The minimum atomic E-state index is -1.29. The van der Waals surface area contributed by atoms with Gasteiger partial charge in [-0.1, -0.05) is 38.8 Å². The summed E-state index contributed by atoms with van der Waals surface area (Å²) in [6, 6.07) is 0. The third-order valence-corrected chi connectivity index (χ3v) is 8.78. The third-order valence-electron chi connectivity index (χ3n) is 8.78. The summed E-state index contributed by atoms with van der Waals surface area (Å²) in [5, 5.41) is 10.7. The highest BCUT2D eigenvalue weighted by molar-refractivity contribution is 5.90. The Morgan fingerprint density at radius 1 is 1.36 bits per heavy atom. The SMILES string of the molecule is CC(C)C1=C[C@H]2C[C@]3(C=O)[C@@H]4CC[C@@H](C)[C@H]4C[C@@]2(COC(=O)CN)[C@]13C(=O)O. The molecule has 6 heteroatoms. The minimum absolute atomic E-state index is 0.0145. The second-order valence-corrected chi connectivity index (χ2v) is 9.85. The quantitative estimate of drug-likeness (QED) is 0.410. The number of allylic oxidation sites excluding steroid dienone is 1. The second-order valence-electron chi connectivity index (χ2n) is 9.85. The first kappa shape index (κ1) is 19.6. The smallest absolute Gasteiger partial charge is 0.319 e. The molecular weight excluding hydrogens is 358 g/mol. The van der Waals surface area contributed by atoms with Crippen LogP contribution in [0.1, 0.15) is 46.5 Å². The van der Waals surface area contributed by atoms with Gasteiger partial charge < -0.3 is 20.4 Å². The minimum Gasteiger partial charge on any atom is -0.481 e. The first-order valence-corrected chi connectivity index (χ1v) is 10.5. The summed E-state index contributed by atoms with van der Waals surface area (Å²) >= 11 is 0. The van der Waals surface area contributed by atoms with Gasteiger partial charge in [0.25, 0.3) is 0 Å². The molecule has 0 aromatic rings. The molecule has 0 aromatic heterocycles. The molecule has 0 radical (unpaired) electrons. The zero-order valence-corrected chi connectivity index (χ0v) is 16.9. The molecule has 4 aliphatic carbocycles. The second kappa shape index (κ2) is 6.15. The monoisotopic (exact) mass is 389 g/mol. The summed E-state index contributed by atoms with van der Waals surface area (Å²) < 4.78 is 5.53. The number of carboxylic acid groups (broad SMARTS) is 1. The number of rotatable bonds is 6. The molecule has 3 N–H and O–H groups in total. The van der Waals surface area contributed by atoms with Gasteiger partial charge in [0.2, 0.25) is 0 Å². The number of hydrogen-bond donors (Lipinski definition) is 2. The van der Waals surface area contributed by atoms with Gasteiger partial charge in [-0.15, -0.1) is 0 Å². The van der Waals surface area contributed by atoms with Crippen LogP contribution in [0.4, 0.5) is 0 Å². The van der Waals surface area contributed by atoms with Crippen LogP contribution < -0.4 is 5.73 Å². The standard InChI is InChI=1S/C22H31NO5/c1-12(2)17-6-14-7-20(10-24)16-5-4-13(3)15(16)8-21(14,11-28-18(25)9-23)22(17,20)19(26)27/h6,10,12-16H,4-5,7-9,11,23H2,1-3H3,(H,26,27)/t13-,14+,15-,16-,20+,21+,22+/m1/s1. The van der Waals surface area contributed by atoms with Crippen LogP contribution in [0.5, 0.6) is 0 Å². The fourth-order valence-electron chi connectivity index (χ4n) is 7.90. The molecule has 0 aliphatic heterocycles. The van der Waals surface area contributed by atoms with Crippen molar-refractivity contribution in [3.8, 4) is 0 Å². The molecule has 4 aliphatic rings. The summed E-state index contributed by atoms with van der Waals surface area (Å²) in [5.74, 6) is -0.677. The van der Waals surface area contributed by atoms with Crippen molar-refractivity contribution in [2.24, 2.45) is 51.6 Å². The zero-order chi connectivity index (χ0) is 20.5. The van der Waals surface area contributed by atoms with E-state index in [1.165, 1.54) is 0 Å². The van der Waals surface area contributed by atoms with Crippen molar-refractivity contribution in [2.75, 3.05) is 13.2 Å². The van der Waals surface area contributed by atoms with Gasteiger partial charge in [-0.05, 0) is 48.9 Å². The van der Waals surface area contributed by atoms with Crippen molar-refractivity contribution in [1.29, 1.82) is 0 Å². The molecule has 0 amide bonds. The Labute approximate surface area is 165 Å². The van der Waals surface area contributed by atoms with Crippen LogP contribution in [-0.4, -0.2) is 36.5 Å². The molecule has 28 heavy (non-hydrogen) atoms. The highest BCUT2D eigenvalue weighted by atomic mass is 16.5. The van der Waals surface area contributed by atoms with Crippen molar-refractivity contribution in [3.63, 3.8) is 0 Å². The van der Waals surface area contributed by atoms with Gasteiger partial charge in [0.1, 0.15) is 11.7 Å². The van der Waals surface area contributed by atoms with E-state index in [1.807, 2.05) is 13.8 Å². The largest absolute Gasteiger partial charge is 0.481 e. The molecule has 0 saturated heterocycles. The number of carbonyl (C=O) groups excluding carboxylic acids is 2.